The highest BCUT2D eigenvalue weighted by atomic mass is 32.1. The molecule has 0 unspecified atom stereocenters. The van der Waals surface area contributed by atoms with Gasteiger partial charge in [-0.15, -0.1) is 11.3 Å². The molecular formula is C15H13NO2S. The van der Waals surface area contributed by atoms with Gasteiger partial charge in [0.1, 0.15) is 0 Å². The van der Waals surface area contributed by atoms with E-state index in [9.17, 15) is 4.79 Å². The van der Waals surface area contributed by atoms with Gasteiger partial charge in [0.05, 0.1) is 12.7 Å². The number of aryl methyl sites for hydroxylation is 1. The van der Waals surface area contributed by atoms with Gasteiger partial charge in [0.15, 0.2) is 0 Å². The van der Waals surface area contributed by atoms with Crippen molar-refractivity contribution in [2.75, 3.05) is 7.11 Å². The largest absolute Gasteiger partial charge is 0.465 e. The van der Waals surface area contributed by atoms with E-state index in [-0.39, 0.29) is 5.97 Å². The number of carbonyl (C=O) groups is 1. The van der Waals surface area contributed by atoms with Gasteiger partial charge in [-0.05, 0) is 36.1 Å². The van der Waals surface area contributed by atoms with Gasteiger partial charge >= 0.3 is 5.97 Å². The molecule has 0 amide bonds. The molecule has 0 aliphatic rings. The summed E-state index contributed by atoms with van der Waals surface area (Å²) in [6, 6.07) is 7.74. The number of thiophene rings is 1. The molecule has 1 aromatic carbocycles. The Kier molecular flexibility index (Phi) is 2.87. The van der Waals surface area contributed by atoms with Crippen LogP contribution in [0.15, 0.2) is 35.8 Å². The van der Waals surface area contributed by atoms with Crippen LogP contribution in [0, 0.1) is 6.92 Å². The molecular weight excluding hydrogens is 258 g/mol. The van der Waals surface area contributed by atoms with Crippen LogP contribution in [0.2, 0.25) is 0 Å². The zero-order valence-electron chi connectivity index (χ0n) is 10.7. The smallest absolute Gasteiger partial charge is 0.338 e. The summed E-state index contributed by atoms with van der Waals surface area (Å²) >= 11 is 1.68. The predicted molar refractivity (Wildman–Crippen MR) is 77.7 cm³/mol. The normalized spacial score (nSPS) is 10.8. The van der Waals surface area contributed by atoms with Crippen molar-refractivity contribution in [2.24, 2.45) is 0 Å². The Hall–Kier alpha value is -2.07. The molecule has 0 spiro atoms. The number of hydrogen-bond donors (Lipinski definition) is 1. The number of esters is 1. The highest BCUT2D eigenvalue weighted by Gasteiger charge is 2.16. The lowest BCUT2D eigenvalue weighted by Crippen LogP contribution is -2.01. The van der Waals surface area contributed by atoms with Crippen LogP contribution in [0.3, 0.4) is 0 Å². The van der Waals surface area contributed by atoms with Crippen molar-refractivity contribution in [1.29, 1.82) is 0 Å². The summed E-state index contributed by atoms with van der Waals surface area (Å²) in [5.41, 5.74) is 3.82. The van der Waals surface area contributed by atoms with Crippen LogP contribution in [0.4, 0.5) is 0 Å². The molecule has 0 radical (unpaired) electrons. The van der Waals surface area contributed by atoms with E-state index in [0.29, 0.717) is 5.56 Å². The Morgan fingerprint density at radius 2 is 2.21 bits per heavy atom. The lowest BCUT2D eigenvalue weighted by atomic mass is 10.1. The van der Waals surface area contributed by atoms with Crippen LogP contribution < -0.4 is 0 Å². The minimum Gasteiger partial charge on any atom is -0.465 e. The van der Waals surface area contributed by atoms with Gasteiger partial charge in [-0.3, -0.25) is 0 Å². The number of benzene rings is 1. The number of rotatable bonds is 2. The first-order valence-corrected chi connectivity index (χ1v) is 6.82. The van der Waals surface area contributed by atoms with E-state index in [4.69, 9.17) is 4.74 Å². The molecule has 0 fully saturated rings. The molecule has 19 heavy (non-hydrogen) atoms. The quantitative estimate of drug-likeness (QED) is 0.716. The lowest BCUT2D eigenvalue weighted by Gasteiger charge is -2.03. The second-order valence-corrected chi connectivity index (χ2v) is 5.32. The molecule has 3 nitrogen and oxygen atoms in total. The molecule has 0 bridgehead atoms. The predicted octanol–water partition coefficient (Wildman–Crippen LogP) is 3.99. The molecule has 0 aliphatic heterocycles. The SMILES string of the molecule is COC(=O)c1cccc2[nH]cc(-c3cc(C)cs3)c12. The summed E-state index contributed by atoms with van der Waals surface area (Å²) in [4.78, 5) is 16.2. The van der Waals surface area contributed by atoms with Crippen molar-refractivity contribution in [1.82, 2.24) is 4.98 Å². The molecule has 2 aromatic heterocycles. The Bertz CT molecular complexity index is 754. The third-order valence-corrected chi connectivity index (χ3v) is 4.19. The number of hydrogen-bond acceptors (Lipinski definition) is 3. The zero-order valence-corrected chi connectivity index (χ0v) is 11.5. The van der Waals surface area contributed by atoms with E-state index >= 15 is 0 Å². The van der Waals surface area contributed by atoms with E-state index in [0.717, 1.165) is 21.3 Å². The second-order valence-electron chi connectivity index (χ2n) is 4.41. The second kappa shape index (κ2) is 4.55. The van der Waals surface area contributed by atoms with E-state index in [1.807, 2.05) is 18.3 Å². The van der Waals surface area contributed by atoms with Crippen LogP contribution >= 0.6 is 11.3 Å². The molecule has 1 N–H and O–H groups in total. The fourth-order valence-electron chi connectivity index (χ4n) is 2.23. The summed E-state index contributed by atoms with van der Waals surface area (Å²) < 4.78 is 4.86. The van der Waals surface area contributed by atoms with Crippen LogP contribution in [-0.4, -0.2) is 18.1 Å². The highest BCUT2D eigenvalue weighted by Crippen LogP contribution is 2.35. The molecule has 96 valence electrons. The maximum Gasteiger partial charge on any atom is 0.338 e. The first-order chi connectivity index (χ1) is 9.20. The van der Waals surface area contributed by atoms with E-state index < -0.39 is 0 Å². The van der Waals surface area contributed by atoms with Crippen molar-refractivity contribution < 1.29 is 9.53 Å². The van der Waals surface area contributed by atoms with Crippen molar-refractivity contribution in [3.05, 3.63) is 47.0 Å². The maximum absolute atomic E-state index is 11.9. The van der Waals surface area contributed by atoms with Gasteiger partial charge in [-0.1, -0.05) is 6.07 Å². The number of fused-ring (bicyclic) bond motifs is 1. The average molecular weight is 271 g/mol. The molecule has 2 heterocycles. The zero-order chi connectivity index (χ0) is 13.4. The molecule has 4 heteroatoms. The van der Waals surface area contributed by atoms with Crippen molar-refractivity contribution in [3.63, 3.8) is 0 Å². The minimum absolute atomic E-state index is 0.306. The Balaban J connectivity index is 2.29. The summed E-state index contributed by atoms with van der Waals surface area (Å²) in [5.74, 6) is -0.306. The van der Waals surface area contributed by atoms with Gasteiger partial charge in [-0.25, -0.2) is 4.79 Å². The third kappa shape index (κ3) is 1.94. The third-order valence-electron chi connectivity index (χ3n) is 3.11. The van der Waals surface area contributed by atoms with Crippen LogP contribution in [0.1, 0.15) is 15.9 Å². The van der Waals surface area contributed by atoms with Crippen LogP contribution in [-0.2, 0) is 4.74 Å². The number of methoxy groups -OCH3 is 1. The first-order valence-electron chi connectivity index (χ1n) is 5.94. The van der Waals surface area contributed by atoms with Crippen molar-refractivity contribution in [2.45, 2.75) is 6.92 Å². The van der Waals surface area contributed by atoms with Crippen molar-refractivity contribution >= 4 is 28.2 Å². The standard InChI is InChI=1S/C15H13NO2S/c1-9-6-13(19-8-9)11-7-16-12-5-3-4-10(14(11)12)15(17)18-2/h3-8,16H,1-2H3. The number of ether oxygens (including phenoxy) is 1. The monoisotopic (exact) mass is 271 g/mol. The Morgan fingerprint density at radius 1 is 1.37 bits per heavy atom. The Labute approximate surface area is 114 Å². The van der Waals surface area contributed by atoms with Gasteiger partial charge in [0.2, 0.25) is 0 Å². The summed E-state index contributed by atoms with van der Waals surface area (Å²) in [5, 5.41) is 3.03. The summed E-state index contributed by atoms with van der Waals surface area (Å²) in [6.07, 6.45) is 1.95. The van der Waals surface area contributed by atoms with Crippen LogP contribution in [0.5, 0.6) is 0 Å². The topological polar surface area (TPSA) is 42.1 Å². The maximum atomic E-state index is 11.9. The fraction of sp³-hybridized carbons (Fsp3) is 0.133. The highest BCUT2D eigenvalue weighted by molar-refractivity contribution is 7.13. The number of aromatic nitrogens is 1. The van der Waals surface area contributed by atoms with Gasteiger partial charge < -0.3 is 9.72 Å². The van der Waals surface area contributed by atoms with Gasteiger partial charge in [0, 0.05) is 27.5 Å². The molecule has 3 aromatic rings. The van der Waals surface area contributed by atoms with Crippen LogP contribution in [0.25, 0.3) is 21.3 Å². The molecule has 0 saturated carbocycles. The minimum atomic E-state index is -0.306. The molecule has 0 saturated heterocycles. The van der Waals surface area contributed by atoms with Gasteiger partial charge in [0.25, 0.3) is 0 Å². The number of nitrogens with one attached hydrogen (secondary N) is 1. The average Bonchev–Trinajstić information content (AvgIpc) is 3.03. The summed E-state index contributed by atoms with van der Waals surface area (Å²) in [6.45, 7) is 2.07. The first kappa shape index (κ1) is 12.0. The molecule has 3 rings (SSSR count). The lowest BCUT2D eigenvalue weighted by molar-refractivity contribution is 0.0603. The summed E-state index contributed by atoms with van der Waals surface area (Å²) in [7, 11) is 1.41. The van der Waals surface area contributed by atoms with E-state index in [2.05, 4.69) is 23.4 Å². The van der Waals surface area contributed by atoms with E-state index in [1.165, 1.54) is 12.7 Å². The molecule has 0 atom stereocenters. The van der Waals surface area contributed by atoms with Crippen molar-refractivity contribution in [3.8, 4) is 10.4 Å². The van der Waals surface area contributed by atoms with Gasteiger partial charge in [-0.2, -0.15) is 0 Å². The fourth-order valence-corrected chi connectivity index (χ4v) is 3.15. The Morgan fingerprint density at radius 3 is 2.89 bits per heavy atom. The number of aromatic amines is 1. The molecule has 0 aliphatic carbocycles. The number of H-pyrrole nitrogens is 1. The number of carbonyl (C=O) groups excluding carboxylic acids is 1. The van der Waals surface area contributed by atoms with E-state index in [1.54, 1.807) is 17.4 Å².